The minimum atomic E-state index is -0.412. The van der Waals surface area contributed by atoms with Gasteiger partial charge in [0.15, 0.2) is 0 Å². The Bertz CT molecular complexity index is 823. The highest BCUT2D eigenvalue weighted by molar-refractivity contribution is 9.10. The highest BCUT2D eigenvalue weighted by atomic mass is 79.9. The predicted molar refractivity (Wildman–Crippen MR) is 108 cm³/mol. The van der Waals surface area contributed by atoms with Gasteiger partial charge in [-0.3, -0.25) is 4.79 Å². The molecule has 1 saturated heterocycles. The zero-order valence-electron chi connectivity index (χ0n) is 15.4. The summed E-state index contributed by atoms with van der Waals surface area (Å²) >= 11 is 3.58. The minimum Gasteiger partial charge on any atom is -0.395 e. The van der Waals surface area contributed by atoms with Crippen molar-refractivity contribution in [3.8, 4) is 0 Å². The molecule has 1 saturated carbocycles. The van der Waals surface area contributed by atoms with Crippen LogP contribution in [0.5, 0.6) is 0 Å². The Hall–Kier alpha value is -1.44. The Morgan fingerprint density at radius 1 is 1.33 bits per heavy atom. The van der Waals surface area contributed by atoms with Gasteiger partial charge in [0.05, 0.1) is 36.3 Å². The lowest BCUT2D eigenvalue weighted by molar-refractivity contribution is -0.170. The molecule has 1 aliphatic heterocycles. The minimum absolute atomic E-state index is 0.0191. The number of hydrogen-bond acceptors (Lipinski definition) is 4. The number of aromatic nitrogens is 2. The van der Waals surface area contributed by atoms with E-state index in [2.05, 4.69) is 26.2 Å². The first-order valence-corrected chi connectivity index (χ1v) is 10.6. The molecular formula is C20H26BrN3O3. The van der Waals surface area contributed by atoms with Crippen LogP contribution >= 0.6 is 15.9 Å². The third-order valence-corrected chi connectivity index (χ3v) is 6.76. The van der Waals surface area contributed by atoms with E-state index in [1.807, 2.05) is 16.8 Å². The molecule has 0 aromatic carbocycles. The van der Waals surface area contributed by atoms with Gasteiger partial charge in [-0.25, -0.2) is 4.98 Å². The molecule has 7 heteroatoms. The predicted octanol–water partition coefficient (Wildman–Crippen LogP) is 3.72. The second kappa shape index (κ2) is 7.89. The fourth-order valence-electron chi connectivity index (χ4n) is 4.50. The van der Waals surface area contributed by atoms with Crippen LogP contribution in [0.2, 0.25) is 0 Å². The molecule has 2 aliphatic rings. The fraction of sp³-hybridized carbons (Fsp3) is 0.600. The zero-order chi connectivity index (χ0) is 18.9. The van der Waals surface area contributed by atoms with E-state index in [1.165, 1.54) is 25.7 Å². The average molecular weight is 436 g/mol. The number of carbonyl (C=O) groups is 1. The molecule has 146 valence electrons. The second-order valence-corrected chi connectivity index (χ2v) is 8.60. The van der Waals surface area contributed by atoms with Crippen molar-refractivity contribution in [3.05, 3.63) is 22.9 Å². The average Bonchev–Trinajstić information content (AvgIpc) is 2.79. The summed E-state index contributed by atoms with van der Waals surface area (Å²) in [4.78, 5) is 17.8. The van der Waals surface area contributed by atoms with Crippen molar-refractivity contribution in [3.63, 3.8) is 0 Å². The van der Waals surface area contributed by atoms with E-state index in [0.29, 0.717) is 25.7 Å². The molecule has 2 N–H and O–H groups in total. The number of nitrogens with one attached hydrogen (secondary N) is 1. The largest absolute Gasteiger partial charge is 0.395 e. The summed E-state index contributed by atoms with van der Waals surface area (Å²) < 4.78 is 8.29. The first kappa shape index (κ1) is 18.9. The van der Waals surface area contributed by atoms with Crippen LogP contribution in [0.25, 0.3) is 11.0 Å². The van der Waals surface area contributed by atoms with Gasteiger partial charge in [0.1, 0.15) is 5.65 Å². The van der Waals surface area contributed by atoms with E-state index in [1.54, 1.807) is 6.20 Å². The number of hydrogen-bond donors (Lipinski definition) is 2. The first-order chi connectivity index (χ1) is 13.2. The zero-order valence-corrected chi connectivity index (χ0v) is 17.0. The maximum Gasteiger partial charge on any atom is 0.235 e. The third-order valence-electron chi connectivity index (χ3n) is 6.10. The summed E-state index contributed by atoms with van der Waals surface area (Å²) in [6, 6.07) is 1.87. The Balaban J connectivity index is 1.64. The number of nitrogens with zero attached hydrogens (tertiary/aromatic N) is 2. The smallest absolute Gasteiger partial charge is 0.235 e. The summed E-state index contributed by atoms with van der Waals surface area (Å²) in [5.41, 5.74) is 1.08. The van der Waals surface area contributed by atoms with Gasteiger partial charge in [0, 0.05) is 23.4 Å². The number of aliphatic hydroxyl groups excluding tert-OH is 1. The van der Waals surface area contributed by atoms with Crippen molar-refractivity contribution in [2.75, 3.05) is 25.1 Å². The van der Waals surface area contributed by atoms with E-state index in [0.717, 1.165) is 34.0 Å². The number of amides is 1. The Morgan fingerprint density at radius 3 is 2.70 bits per heavy atom. The summed E-state index contributed by atoms with van der Waals surface area (Å²) in [6.07, 6.45) is 10.7. The molecule has 27 heavy (non-hydrogen) atoms. The number of aliphatic hydroxyl groups is 1. The van der Waals surface area contributed by atoms with Crippen molar-refractivity contribution >= 4 is 38.6 Å². The van der Waals surface area contributed by atoms with Crippen LogP contribution in [0.15, 0.2) is 22.9 Å². The molecule has 1 aliphatic carbocycles. The van der Waals surface area contributed by atoms with Gasteiger partial charge in [-0.1, -0.05) is 25.7 Å². The number of pyridine rings is 1. The molecule has 6 nitrogen and oxygen atoms in total. The lowest BCUT2D eigenvalue weighted by Crippen LogP contribution is -2.56. The van der Waals surface area contributed by atoms with Crippen molar-refractivity contribution < 1.29 is 14.6 Å². The number of carbonyl (C=O) groups excluding carboxylic acids is 1. The molecule has 4 rings (SSSR count). The van der Waals surface area contributed by atoms with Crippen LogP contribution < -0.4 is 5.32 Å². The third kappa shape index (κ3) is 3.41. The van der Waals surface area contributed by atoms with E-state index in [9.17, 15) is 9.90 Å². The van der Waals surface area contributed by atoms with Gasteiger partial charge in [0.2, 0.25) is 5.91 Å². The Labute approximate surface area is 167 Å². The van der Waals surface area contributed by atoms with Gasteiger partial charge in [0.25, 0.3) is 0 Å². The van der Waals surface area contributed by atoms with Gasteiger partial charge in [-0.05, 0) is 40.8 Å². The van der Waals surface area contributed by atoms with E-state index in [-0.39, 0.29) is 12.5 Å². The molecule has 2 aromatic rings. The van der Waals surface area contributed by atoms with E-state index in [4.69, 9.17) is 4.74 Å². The van der Waals surface area contributed by atoms with Crippen LogP contribution in [0.3, 0.4) is 0 Å². The quantitative estimate of drug-likeness (QED) is 0.701. The monoisotopic (exact) mass is 435 g/mol. The number of anilines is 1. The van der Waals surface area contributed by atoms with Crippen molar-refractivity contribution in [2.24, 2.45) is 11.3 Å². The summed E-state index contributed by atoms with van der Waals surface area (Å²) in [6.45, 7) is 1.48. The van der Waals surface area contributed by atoms with E-state index >= 15 is 0 Å². The van der Waals surface area contributed by atoms with Gasteiger partial charge in [-0.2, -0.15) is 0 Å². The topological polar surface area (TPSA) is 76.4 Å². The van der Waals surface area contributed by atoms with Crippen molar-refractivity contribution in [2.45, 2.75) is 45.1 Å². The standard InChI is InChI=1S/C20H26BrN3O3/c21-15-7-8-22-18-17(15)16(11-24(18)9-10-25)23-19(26)20(12-27-13-20)14-5-3-1-2-4-6-14/h7-8,11,14,25H,1-6,9-10,12-13H2,(H,23,26). The fourth-order valence-corrected chi connectivity index (χ4v) is 5.01. The molecule has 3 heterocycles. The maximum atomic E-state index is 13.4. The Morgan fingerprint density at radius 2 is 2.07 bits per heavy atom. The summed E-state index contributed by atoms with van der Waals surface area (Å²) in [5.74, 6) is 0.445. The molecule has 2 fully saturated rings. The highest BCUT2D eigenvalue weighted by Gasteiger charge is 2.51. The SMILES string of the molecule is O=C(Nc1cn(CCO)c2nccc(Br)c12)C1(C2CCCCCC2)COC1. The summed E-state index contributed by atoms with van der Waals surface area (Å²) in [7, 11) is 0. The van der Waals surface area contributed by atoms with Gasteiger partial charge < -0.3 is 19.7 Å². The molecule has 0 atom stereocenters. The van der Waals surface area contributed by atoms with E-state index < -0.39 is 5.41 Å². The lowest BCUT2D eigenvalue weighted by atomic mass is 9.69. The molecule has 1 amide bonds. The molecule has 0 radical (unpaired) electrons. The Kier molecular flexibility index (Phi) is 5.53. The number of rotatable bonds is 5. The normalized spacial score (nSPS) is 20.2. The molecule has 2 aromatic heterocycles. The van der Waals surface area contributed by atoms with Crippen LogP contribution in [0.1, 0.15) is 38.5 Å². The van der Waals surface area contributed by atoms with Crippen LogP contribution in [-0.4, -0.2) is 40.4 Å². The second-order valence-electron chi connectivity index (χ2n) is 7.74. The van der Waals surface area contributed by atoms with Crippen LogP contribution in [-0.2, 0) is 16.1 Å². The summed E-state index contributed by atoms with van der Waals surface area (Å²) in [5, 5.41) is 13.4. The van der Waals surface area contributed by atoms with Gasteiger partial charge in [-0.15, -0.1) is 0 Å². The molecular weight excluding hydrogens is 410 g/mol. The maximum absolute atomic E-state index is 13.4. The first-order valence-electron chi connectivity index (χ1n) is 9.79. The number of ether oxygens (including phenoxy) is 1. The molecule has 0 spiro atoms. The van der Waals surface area contributed by atoms with Gasteiger partial charge >= 0.3 is 0 Å². The van der Waals surface area contributed by atoms with Crippen molar-refractivity contribution in [1.29, 1.82) is 0 Å². The molecule has 0 bridgehead atoms. The number of halogens is 1. The van der Waals surface area contributed by atoms with Crippen molar-refractivity contribution in [1.82, 2.24) is 9.55 Å². The number of fused-ring (bicyclic) bond motifs is 1. The van der Waals surface area contributed by atoms with Crippen LogP contribution in [0, 0.1) is 11.3 Å². The molecule has 0 unspecified atom stereocenters. The van der Waals surface area contributed by atoms with Crippen LogP contribution in [0.4, 0.5) is 5.69 Å². The lowest BCUT2D eigenvalue weighted by Gasteiger charge is -2.45. The highest BCUT2D eigenvalue weighted by Crippen LogP contribution is 2.44.